The van der Waals surface area contributed by atoms with E-state index in [-0.39, 0.29) is 0 Å². The molecule has 0 radical (unpaired) electrons. The van der Waals surface area contributed by atoms with Crippen molar-refractivity contribution in [2.75, 3.05) is 0 Å². The van der Waals surface area contributed by atoms with Gasteiger partial charge in [-0.1, -0.05) is 60.7 Å². The van der Waals surface area contributed by atoms with Crippen molar-refractivity contribution in [3.8, 4) is 19.5 Å². The maximum Gasteiger partial charge on any atom is 0.0449 e. The fraction of sp³-hybridized carbons (Fsp3) is 0. The average Bonchev–Trinajstić information content (AvgIpc) is 3.75. The maximum atomic E-state index is 2.32. The van der Waals surface area contributed by atoms with Crippen LogP contribution in [0.5, 0.6) is 0 Å². The molecule has 0 nitrogen and oxygen atoms in total. The molecule has 0 saturated carbocycles. The maximum absolute atomic E-state index is 2.32. The van der Waals surface area contributed by atoms with Crippen molar-refractivity contribution in [2.45, 2.75) is 0 Å². The third-order valence-electron chi connectivity index (χ3n) is 6.91. The molecular formula is C32H18S4. The first-order valence-electron chi connectivity index (χ1n) is 11.8. The fourth-order valence-electron chi connectivity index (χ4n) is 5.45. The molecule has 4 aromatic heterocycles. The molecule has 4 heteroatoms. The Bertz CT molecular complexity index is 1680. The minimum Gasteiger partial charge on any atom is -0.143 e. The Kier molecular flexibility index (Phi) is 4.71. The van der Waals surface area contributed by atoms with E-state index >= 15 is 0 Å². The summed E-state index contributed by atoms with van der Waals surface area (Å²) in [5.41, 5.74) is 11.0. The van der Waals surface area contributed by atoms with Crippen LogP contribution in [0.25, 0.3) is 41.8 Å². The van der Waals surface area contributed by atoms with Crippen LogP contribution in [-0.4, -0.2) is 0 Å². The van der Waals surface area contributed by atoms with Crippen molar-refractivity contribution in [3.63, 3.8) is 0 Å². The lowest BCUT2D eigenvalue weighted by atomic mass is 9.97. The van der Waals surface area contributed by atoms with Crippen molar-refractivity contribution in [1.29, 1.82) is 0 Å². The number of hydrogen-bond donors (Lipinski definition) is 0. The van der Waals surface area contributed by atoms with Gasteiger partial charge >= 0.3 is 0 Å². The van der Waals surface area contributed by atoms with Crippen molar-refractivity contribution in [2.24, 2.45) is 0 Å². The van der Waals surface area contributed by atoms with Gasteiger partial charge in [-0.05, 0) is 69.4 Å². The number of rotatable bonds is 4. The van der Waals surface area contributed by atoms with Gasteiger partial charge in [0.2, 0.25) is 0 Å². The van der Waals surface area contributed by atoms with Crippen LogP contribution in [0.1, 0.15) is 32.0 Å². The zero-order valence-electron chi connectivity index (χ0n) is 19.0. The SMILES string of the molecule is c1csc(-c2ccc(C3=C4C(=C(c5ccc(-c6cccs6)s5)c5ccccc54)c4ccccc43)s2)c1. The molecule has 0 atom stereocenters. The van der Waals surface area contributed by atoms with E-state index in [4.69, 9.17) is 0 Å². The lowest BCUT2D eigenvalue weighted by Gasteiger charge is -2.09. The third kappa shape index (κ3) is 3.02. The first-order chi connectivity index (χ1) is 17.9. The number of fused-ring (bicyclic) bond motifs is 5. The molecule has 6 aromatic rings. The molecule has 0 spiro atoms. The van der Waals surface area contributed by atoms with E-state index in [1.54, 1.807) is 0 Å². The van der Waals surface area contributed by atoms with Crippen molar-refractivity contribution < 1.29 is 0 Å². The van der Waals surface area contributed by atoms with Crippen LogP contribution in [0, 0.1) is 0 Å². The summed E-state index contributed by atoms with van der Waals surface area (Å²) in [6.45, 7) is 0. The quantitative estimate of drug-likeness (QED) is 0.213. The lowest BCUT2D eigenvalue weighted by molar-refractivity contribution is 1.57. The van der Waals surface area contributed by atoms with Crippen LogP contribution in [-0.2, 0) is 0 Å². The lowest BCUT2D eigenvalue weighted by Crippen LogP contribution is -1.89. The van der Waals surface area contributed by atoms with E-state index < -0.39 is 0 Å². The van der Waals surface area contributed by atoms with E-state index in [0.717, 1.165) is 0 Å². The van der Waals surface area contributed by atoms with Crippen molar-refractivity contribution >= 4 is 67.6 Å². The summed E-state index contributed by atoms with van der Waals surface area (Å²) >= 11 is 7.44. The summed E-state index contributed by atoms with van der Waals surface area (Å²) in [6.07, 6.45) is 0. The predicted octanol–water partition coefficient (Wildman–Crippen LogP) is 10.5. The highest BCUT2D eigenvalue weighted by Crippen LogP contribution is 2.59. The van der Waals surface area contributed by atoms with Gasteiger partial charge in [0.15, 0.2) is 0 Å². The summed E-state index contributed by atoms with van der Waals surface area (Å²) in [6, 6.07) is 35.9. The van der Waals surface area contributed by atoms with E-state index in [0.29, 0.717) is 0 Å². The first kappa shape index (κ1) is 20.9. The van der Waals surface area contributed by atoms with Gasteiger partial charge in [0, 0.05) is 51.6 Å². The van der Waals surface area contributed by atoms with Gasteiger partial charge in [-0.2, -0.15) is 0 Å². The highest BCUT2D eigenvalue weighted by Gasteiger charge is 2.38. The van der Waals surface area contributed by atoms with Crippen LogP contribution >= 0.6 is 45.3 Å². The monoisotopic (exact) mass is 530 g/mol. The summed E-state index contributed by atoms with van der Waals surface area (Å²) in [7, 11) is 0. The predicted molar refractivity (Wildman–Crippen MR) is 160 cm³/mol. The minimum absolute atomic E-state index is 1.34. The van der Waals surface area contributed by atoms with Crippen molar-refractivity contribution in [3.05, 3.63) is 140 Å². The van der Waals surface area contributed by atoms with Gasteiger partial charge < -0.3 is 0 Å². The number of allylic oxidation sites excluding steroid dienone is 2. The molecule has 2 aromatic carbocycles. The Morgan fingerprint density at radius 3 is 1.08 bits per heavy atom. The molecule has 0 amide bonds. The number of hydrogen-bond acceptors (Lipinski definition) is 4. The zero-order valence-corrected chi connectivity index (χ0v) is 22.3. The fourth-order valence-corrected chi connectivity index (χ4v) is 9.27. The van der Waals surface area contributed by atoms with Gasteiger partial charge in [0.25, 0.3) is 0 Å². The molecule has 0 N–H and O–H groups in total. The van der Waals surface area contributed by atoms with E-state index in [9.17, 15) is 0 Å². The van der Waals surface area contributed by atoms with Crippen molar-refractivity contribution in [1.82, 2.24) is 0 Å². The largest absolute Gasteiger partial charge is 0.143 e. The van der Waals surface area contributed by atoms with Gasteiger partial charge in [-0.25, -0.2) is 0 Å². The van der Waals surface area contributed by atoms with Crippen LogP contribution < -0.4 is 0 Å². The molecular weight excluding hydrogens is 513 g/mol. The Hall–Kier alpha value is -3.28. The van der Waals surface area contributed by atoms with E-state index in [2.05, 4.69) is 108 Å². The Balaban J connectivity index is 1.40. The minimum atomic E-state index is 1.34. The molecule has 2 aliphatic carbocycles. The molecule has 0 saturated heterocycles. The van der Waals surface area contributed by atoms with E-state index in [1.165, 1.54) is 73.8 Å². The highest BCUT2D eigenvalue weighted by molar-refractivity contribution is 7.22. The normalized spacial score (nSPS) is 13.9. The molecule has 0 aliphatic heterocycles. The summed E-state index contributed by atoms with van der Waals surface area (Å²) in [4.78, 5) is 8.05. The second-order valence-corrected chi connectivity index (χ2v) is 12.9. The zero-order chi connectivity index (χ0) is 23.6. The molecule has 2 aliphatic rings. The Morgan fingerprint density at radius 2 is 0.694 bits per heavy atom. The summed E-state index contributed by atoms with van der Waals surface area (Å²) in [5, 5.41) is 4.32. The topological polar surface area (TPSA) is 0 Å². The summed E-state index contributed by atoms with van der Waals surface area (Å²) in [5.74, 6) is 0. The third-order valence-corrected chi connectivity index (χ3v) is 11.3. The molecule has 4 heterocycles. The van der Waals surface area contributed by atoms with Gasteiger partial charge in [0.05, 0.1) is 0 Å². The average molecular weight is 531 g/mol. The molecule has 8 rings (SSSR count). The smallest absolute Gasteiger partial charge is 0.0449 e. The summed E-state index contributed by atoms with van der Waals surface area (Å²) < 4.78 is 0. The second-order valence-electron chi connectivity index (χ2n) is 8.87. The number of thiophene rings is 4. The van der Waals surface area contributed by atoms with Crippen LogP contribution in [0.2, 0.25) is 0 Å². The highest BCUT2D eigenvalue weighted by atomic mass is 32.1. The van der Waals surface area contributed by atoms with Crippen LogP contribution in [0.4, 0.5) is 0 Å². The molecule has 0 fully saturated rings. The van der Waals surface area contributed by atoms with E-state index in [1.807, 2.05) is 45.3 Å². The molecule has 0 unspecified atom stereocenters. The Morgan fingerprint density at radius 1 is 0.306 bits per heavy atom. The first-order valence-corrected chi connectivity index (χ1v) is 15.2. The van der Waals surface area contributed by atoms with Gasteiger partial charge in [0.1, 0.15) is 0 Å². The molecule has 36 heavy (non-hydrogen) atoms. The van der Waals surface area contributed by atoms with Gasteiger partial charge in [-0.3, -0.25) is 0 Å². The molecule has 0 bridgehead atoms. The number of benzene rings is 2. The molecule has 170 valence electrons. The Labute approximate surface area is 225 Å². The van der Waals surface area contributed by atoms with Crippen LogP contribution in [0.3, 0.4) is 0 Å². The standard InChI is InChI=1S/C32H18S4/c1-3-9-21-19(7-1)29(27-15-13-25(35-27)23-11-5-17-33-23)32-22-10-4-2-8-20(22)30(31(21)32)28-16-14-26(36-28)24-12-6-18-34-24/h1-18H. The van der Waals surface area contributed by atoms with Crippen LogP contribution in [0.15, 0.2) is 108 Å². The van der Waals surface area contributed by atoms with Gasteiger partial charge in [-0.15, -0.1) is 45.3 Å². The second kappa shape index (κ2) is 8.12.